The maximum absolute atomic E-state index is 12.4. The lowest BCUT2D eigenvalue weighted by Gasteiger charge is -2.17. The molecule has 1 amide bonds. The van der Waals surface area contributed by atoms with E-state index >= 15 is 0 Å². The molecule has 0 aliphatic carbocycles. The van der Waals surface area contributed by atoms with Crippen molar-refractivity contribution in [2.75, 3.05) is 14.2 Å². The third-order valence-corrected chi connectivity index (χ3v) is 3.86. The molecule has 0 N–H and O–H groups in total. The van der Waals surface area contributed by atoms with Gasteiger partial charge < -0.3 is 14.4 Å². The van der Waals surface area contributed by atoms with Crippen LogP contribution in [0, 0.1) is 0 Å². The SMILES string of the molecule is COc1cccc(CN(C)C(=O)Cn2nnc(COc3ccccc3)n2)c1. The fourth-order valence-corrected chi connectivity index (χ4v) is 2.44. The molecule has 27 heavy (non-hydrogen) atoms. The third kappa shape index (κ3) is 5.27. The van der Waals surface area contributed by atoms with E-state index in [2.05, 4.69) is 15.4 Å². The number of methoxy groups -OCH3 is 1. The van der Waals surface area contributed by atoms with Gasteiger partial charge in [0.25, 0.3) is 0 Å². The van der Waals surface area contributed by atoms with Crippen molar-refractivity contribution in [3.63, 3.8) is 0 Å². The summed E-state index contributed by atoms with van der Waals surface area (Å²) in [6.45, 7) is 0.672. The van der Waals surface area contributed by atoms with Gasteiger partial charge in [-0.05, 0) is 35.0 Å². The summed E-state index contributed by atoms with van der Waals surface area (Å²) in [6, 6.07) is 17.0. The Bertz CT molecular complexity index is 882. The monoisotopic (exact) mass is 367 g/mol. The highest BCUT2D eigenvalue weighted by Crippen LogP contribution is 2.14. The summed E-state index contributed by atoms with van der Waals surface area (Å²) < 4.78 is 10.8. The first kappa shape index (κ1) is 18.4. The van der Waals surface area contributed by atoms with Crippen LogP contribution >= 0.6 is 0 Å². The standard InChI is InChI=1S/C19H21N5O3/c1-23(12-15-7-6-10-17(11-15)26-2)19(25)13-24-21-18(20-22-24)14-27-16-8-4-3-5-9-16/h3-11H,12-14H2,1-2H3. The molecule has 0 unspecified atom stereocenters. The fraction of sp³-hybridized carbons (Fsp3) is 0.263. The van der Waals surface area contributed by atoms with Gasteiger partial charge in [0.1, 0.15) is 18.0 Å². The molecule has 0 radical (unpaired) electrons. The third-order valence-electron chi connectivity index (χ3n) is 3.86. The molecule has 0 fully saturated rings. The molecule has 0 saturated heterocycles. The van der Waals surface area contributed by atoms with E-state index in [0.717, 1.165) is 17.1 Å². The first-order valence-corrected chi connectivity index (χ1v) is 8.45. The molecule has 0 spiro atoms. The average molecular weight is 367 g/mol. The van der Waals surface area contributed by atoms with Gasteiger partial charge in [0.05, 0.1) is 7.11 Å². The van der Waals surface area contributed by atoms with E-state index in [0.29, 0.717) is 12.4 Å². The minimum absolute atomic E-state index is 0.0127. The summed E-state index contributed by atoms with van der Waals surface area (Å²) in [5, 5.41) is 12.0. The molecule has 0 bridgehead atoms. The zero-order valence-electron chi connectivity index (χ0n) is 15.3. The Labute approximate surface area is 157 Å². The van der Waals surface area contributed by atoms with Crippen LogP contribution in [0.4, 0.5) is 0 Å². The summed E-state index contributed by atoms with van der Waals surface area (Å²) in [4.78, 5) is 15.3. The smallest absolute Gasteiger partial charge is 0.246 e. The van der Waals surface area contributed by atoms with E-state index < -0.39 is 0 Å². The minimum Gasteiger partial charge on any atom is -0.497 e. The number of aromatic nitrogens is 4. The number of rotatable bonds is 8. The molecular formula is C19H21N5O3. The van der Waals surface area contributed by atoms with Crippen molar-refractivity contribution >= 4 is 5.91 Å². The average Bonchev–Trinajstić information content (AvgIpc) is 3.14. The highest BCUT2D eigenvalue weighted by Gasteiger charge is 2.13. The molecule has 0 saturated carbocycles. The van der Waals surface area contributed by atoms with E-state index in [9.17, 15) is 4.79 Å². The van der Waals surface area contributed by atoms with Crippen molar-refractivity contribution in [3.8, 4) is 11.5 Å². The molecule has 140 valence electrons. The molecule has 3 rings (SSSR count). The van der Waals surface area contributed by atoms with Gasteiger partial charge in [-0.25, -0.2) is 0 Å². The van der Waals surface area contributed by atoms with Crippen LogP contribution < -0.4 is 9.47 Å². The van der Waals surface area contributed by atoms with Crippen molar-refractivity contribution in [1.29, 1.82) is 0 Å². The maximum atomic E-state index is 12.4. The number of amides is 1. The Hall–Kier alpha value is -3.42. The van der Waals surface area contributed by atoms with E-state index in [-0.39, 0.29) is 19.1 Å². The van der Waals surface area contributed by atoms with Crippen molar-refractivity contribution in [2.45, 2.75) is 19.7 Å². The second kappa shape index (κ2) is 8.79. The van der Waals surface area contributed by atoms with Gasteiger partial charge in [-0.1, -0.05) is 30.3 Å². The van der Waals surface area contributed by atoms with E-state index in [1.54, 1.807) is 19.1 Å². The predicted molar refractivity (Wildman–Crippen MR) is 98.1 cm³/mol. The van der Waals surface area contributed by atoms with Crippen molar-refractivity contribution in [1.82, 2.24) is 25.1 Å². The van der Waals surface area contributed by atoms with Gasteiger partial charge in [-0.3, -0.25) is 4.79 Å². The van der Waals surface area contributed by atoms with Crippen LogP contribution in [-0.2, 0) is 24.5 Å². The molecule has 0 aliphatic rings. The molecular weight excluding hydrogens is 346 g/mol. The molecule has 2 aromatic carbocycles. The Morgan fingerprint density at radius 2 is 1.89 bits per heavy atom. The predicted octanol–water partition coefficient (Wildman–Crippen LogP) is 1.92. The van der Waals surface area contributed by atoms with Gasteiger partial charge in [-0.2, -0.15) is 4.80 Å². The van der Waals surface area contributed by atoms with Crippen molar-refractivity contribution < 1.29 is 14.3 Å². The summed E-state index contributed by atoms with van der Waals surface area (Å²) in [6.07, 6.45) is 0. The van der Waals surface area contributed by atoms with Gasteiger partial charge in [0.2, 0.25) is 11.7 Å². The number of carbonyl (C=O) groups excluding carboxylic acids is 1. The van der Waals surface area contributed by atoms with Gasteiger partial charge in [-0.15, -0.1) is 10.2 Å². The zero-order chi connectivity index (χ0) is 19.1. The molecule has 1 aromatic heterocycles. The summed E-state index contributed by atoms with van der Waals surface area (Å²) in [5.41, 5.74) is 0.980. The number of hydrogen-bond acceptors (Lipinski definition) is 6. The summed E-state index contributed by atoms with van der Waals surface area (Å²) in [7, 11) is 3.35. The van der Waals surface area contributed by atoms with Gasteiger partial charge >= 0.3 is 0 Å². The second-order valence-electron chi connectivity index (χ2n) is 5.94. The number of nitrogens with zero attached hydrogens (tertiary/aromatic N) is 5. The number of hydrogen-bond donors (Lipinski definition) is 0. The highest BCUT2D eigenvalue weighted by molar-refractivity contribution is 5.75. The number of para-hydroxylation sites is 1. The topological polar surface area (TPSA) is 82.4 Å². The maximum Gasteiger partial charge on any atom is 0.246 e. The van der Waals surface area contributed by atoms with Crippen molar-refractivity contribution in [3.05, 3.63) is 66.0 Å². The van der Waals surface area contributed by atoms with E-state index in [4.69, 9.17) is 9.47 Å². The van der Waals surface area contributed by atoms with Crippen LogP contribution in [0.15, 0.2) is 54.6 Å². The lowest BCUT2D eigenvalue weighted by atomic mass is 10.2. The van der Waals surface area contributed by atoms with Crippen LogP contribution in [-0.4, -0.2) is 45.2 Å². The van der Waals surface area contributed by atoms with Gasteiger partial charge in [0, 0.05) is 13.6 Å². The van der Waals surface area contributed by atoms with Crippen LogP contribution in [0.1, 0.15) is 11.4 Å². The lowest BCUT2D eigenvalue weighted by Crippen LogP contribution is -2.30. The molecule has 8 nitrogen and oxygen atoms in total. The number of tetrazole rings is 1. The highest BCUT2D eigenvalue weighted by atomic mass is 16.5. The zero-order valence-corrected chi connectivity index (χ0v) is 15.3. The molecule has 8 heteroatoms. The first-order chi connectivity index (χ1) is 13.1. The quantitative estimate of drug-likeness (QED) is 0.605. The minimum atomic E-state index is -0.120. The number of benzene rings is 2. The van der Waals surface area contributed by atoms with Gasteiger partial charge in [0.15, 0.2) is 6.61 Å². The second-order valence-corrected chi connectivity index (χ2v) is 5.94. The van der Waals surface area contributed by atoms with Crippen LogP contribution in [0.2, 0.25) is 0 Å². The number of carbonyl (C=O) groups is 1. The Morgan fingerprint density at radius 1 is 1.11 bits per heavy atom. The molecule has 0 aliphatic heterocycles. The molecule has 0 atom stereocenters. The number of likely N-dealkylation sites (N-methyl/N-ethyl adjacent to an activating group) is 1. The fourth-order valence-electron chi connectivity index (χ4n) is 2.44. The Balaban J connectivity index is 1.52. The van der Waals surface area contributed by atoms with Crippen LogP contribution in [0.3, 0.4) is 0 Å². The van der Waals surface area contributed by atoms with Crippen LogP contribution in [0.5, 0.6) is 11.5 Å². The largest absolute Gasteiger partial charge is 0.497 e. The summed E-state index contributed by atoms with van der Waals surface area (Å²) >= 11 is 0. The molecule has 1 heterocycles. The van der Waals surface area contributed by atoms with Crippen molar-refractivity contribution in [2.24, 2.45) is 0 Å². The number of ether oxygens (including phenoxy) is 2. The van der Waals surface area contributed by atoms with E-state index in [1.807, 2.05) is 54.6 Å². The first-order valence-electron chi connectivity index (χ1n) is 8.45. The van der Waals surface area contributed by atoms with Crippen LogP contribution in [0.25, 0.3) is 0 Å². The normalized spacial score (nSPS) is 10.4. The Morgan fingerprint density at radius 3 is 2.67 bits per heavy atom. The molecule has 3 aromatic rings. The summed E-state index contributed by atoms with van der Waals surface area (Å²) in [5.74, 6) is 1.78. The van der Waals surface area contributed by atoms with E-state index in [1.165, 1.54) is 4.80 Å². The Kier molecular flexibility index (Phi) is 5.98. The lowest BCUT2D eigenvalue weighted by molar-refractivity contribution is -0.131.